The molecule has 0 bridgehead atoms. The number of hydrogen-bond acceptors (Lipinski definition) is 4. The summed E-state index contributed by atoms with van der Waals surface area (Å²) in [5.74, 6) is 0.815. The van der Waals surface area contributed by atoms with Crippen molar-refractivity contribution in [3.8, 4) is 5.82 Å². The number of hydrogen-bond donors (Lipinski definition) is 1. The van der Waals surface area contributed by atoms with Crippen molar-refractivity contribution in [2.24, 2.45) is 0 Å². The van der Waals surface area contributed by atoms with Crippen molar-refractivity contribution >= 4 is 0 Å². The molecule has 0 amide bonds. The number of aryl methyl sites for hydroxylation is 1. The van der Waals surface area contributed by atoms with Gasteiger partial charge in [-0.2, -0.15) is 5.10 Å². The molecule has 0 unspecified atom stereocenters. The van der Waals surface area contributed by atoms with Gasteiger partial charge in [-0.05, 0) is 44.4 Å². The van der Waals surface area contributed by atoms with Crippen LogP contribution in [0.3, 0.4) is 0 Å². The van der Waals surface area contributed by atoms with E-state index in [1.54, 1.807) is 12.5 Å². The molecule has 0 radical (unpaired) electrons. The van der Waals surface area contributed by atoms with E-state index in [1.807, 2.05) is 16.8 Å². The topological polar surface area (TPSA) is 55.6 Å². The fourth-order valence-corrected chi connectivity index (χ4v) is 2.34. The Bertz CT molecular complexity index is 471. The molecular formula is C13H17N5. The highest BCUT2D eigenvalue weighted by atomic mass is 15.2. The van der Waals surface area contributed by atoms with E-state index in [9.17, 15) is 0 Å². The number of rotatable bonds is 4. The molecule has 18 heavy (non-hydrogen) atoms. The van der Waals surface area contributed by atoms with Crippen LogP contribution < -0.4 is 5.32 Å². The molecule has 2 aromatic heterocycles. The van der Waals surface area contributed by atoms with Gasteiger partial charge in [0, 0.05) is 18.4 Å². The van der Waals surface area contributed by atoms with E-state index in [-0.39, 0.29) is 0 Å². The monoisotopic (exact) mass is 243 g/mol. The smallest absolute Gasteiger partial charge is 0.160 e. The van der Waals surface area contributed by atoms with Gasteiger partial charge in [0.25, 0.3) is 0 Å². The Morgan fingerprint density at radius 2 is 2.33 bits per heavy atom. The molecule has 0 spiro atoms. The van der Waals surface area contributed by atoms with Crippen molar-refractivity contribution in [3.05, 3.63) is 36.5 Å². The van der Waals surface area contributed by atoms with Crippen LogP contribution in [0.25, 0.3) is 5.82 Å². The summed E-state index contributed by atoms with van der Waals surface area (Å²) in [6.07, 6.45) is 10.1. The van der Waals surface area contributed by atoms with Gasteiger partial charge in [-0.1, -0.05) is 0 Å². The second kappa shape index (κ2) is 5.27. The lowest BCUT2D eigenvalue weighted by Gasteiger charge is -2.08. The summed E-state index contributed by atoms with van der Waals surface area (Å²) < 4.78 is 1.86. The lowest BCUT2D eigenvalue weighted by atomic mass is 10.1. The summed E-state index contributed by atoms with van der Waals surface area (Å²) in [4.78, 5) is 4.00. The van der Waals surface area contributed by atoms with E-state index in [4.69, 9.17) is 0 Å². The third kappa shape index (κ3) is 2.56. The maximum Gasteiger partial charge on any atom is 0.160 e. The van der Waals surface area contributed by atoms with Crippen molar-refractivity contribution in [1.29, 1.82) is 0 Å². The van der Waals surface area contributed by atoms with Gasteiger partial charge in [-0.15, -0.1) is 5.10 Å². The van der Waals surface area contributed by atoms with Gasteiger partial charge >= 0.3 is 0 Å². The molecule has 5 nitrogen and oxygen atoms in total. The van der Waals surface area contributed by atoms with Crippen LogP contribution in [0, 0.1) is 0 Å². The van der Waals surface area contributed by atoms with Gasteiger partial charge in [-0.3, -0.25) is 4.57 Å². The number of aromatic nitrogens is 4. The van der Waals surface area contributed by atoms with E-state index in [0.717, 1.165) is 30.9 Å². The quantitative estimate of drug-likeness (QED) is 0.880. The van der Waals surface area contributed by atoms with Gasteiger partial charge in [-0.25, -0.2) is 4.98 Å². The first-order valence-corrected chi connectivity index (χ1v) is 6.46. The number of nitrogens with one attached hydrogen (secondary N) is 1. The van der Waals surface area contributed by atoms with Crippen molar-refractivity contribution in [2.75, 3.05) is 6.54 Å². The van der Waals surface area contributed by atoms with Crippen molar-refractivity contribution in [1.82, 2.24) is 25.1 Å². The molecule has 1 fully saturated rings. The van der Waals surface area contributed by atoms with Crippen LogP contribution in [-0.4, -0.2) is 32.3 Å². The predicted octanol–water partition coefficient (Wildman–Crippen LogP) is 1.35. The van der Waals surface area contributed by atoms with Gasteiger partial charge in [0.1, 0.15) is 6.33 Å². The third-order valence-corrected chi connectivity index (χ3v) is 3.39. The van der Waals surface area contributed by atoms with Crippen LogP contribution in [0.4, 0.5) is 0 Å². The van der Waals surface area contributed by atoms with Crippen LogP contribution in [0.5, 0.6) is 0 Å². The van der Waals surface area contributed by atoms with E-state index >= 15 is 0 Å². The first-order chi connectivity index (χ1) is 8.92. The minimum absolute atomic E-state index is 0.667. The molecule has 1 atom stereocenters. The Hall–Kier alpha value is -1.75. The van der Waals surface area contributed by atoms with Gasteiger partial charge in [0.2, 0.25) is 0 Å². The standard InChI is InChI=1S/C13H17N5/c1-2-11(15-7-1)3-4-12-5-6-13(17-16-12)18-9-8-14-10-18/h5-6,8-11,15H,1-4,7H2/t11-/m1/s1. The van der Waals surface area contributed by atoms with E-state index in [1.165, 1.54) is 12.8 Å². The molecule has 1 saturated heterocycles. The zero-order valence-electron chi connectivity index (χ0n) is 10.3. The second-order valence-corrected chi connectivity index (χ2v) is 4.68. The summed E-state index contributed by atoms with van der Waals surface area (Å²) >= 11 is 0. The minimum atomic E-state index is 0.667. The summed E-state index contributed by atoms with van der Waals surface area (Å²) in [5, 5.41) is 12.0. The highest BCUT2D eigenvalue weighted by Crippen LogP contribution is 2.12. The van der Waals surface area contributed by atoms with Crippen LogP contribution >= 0.6 is 0 Å². The van der Waals surface area contributed by atoms with Crippen LogP contribution in [0.2, 0.25) is 0 Å². The molecule has 1 N–H and O–H groups in total. The Kier molecular flexibility index (Phi) is 3.32. The maximum atomic E-state index is 4.27. The molecular weight excluding hydrogens is 226 g/mol. The summed E-state index contributed by atoms with van der Waals surface area (Å²) in [6.45, 7) is 1.16. The molecule has 0 aromatic carbocycles. The summed E-state index contributed by atoms with van der Waals surface area (Å²) in [7, 11) is 0. The molecule has 3 heterocycles. The lowest BCUT2D eigenvalue weighted by Crippen LogP contribution is -2.21. The van der Waals surface area contributed by atoms with E-state index in [0.29, 0.717) is 6.04 Å². The second-order valence-electron chi connectivity index (χ2n) is 4.68. The molecule has 2 aromatic rings. The Labute approximate surface area is 106 Å². The molecule has 3 rings (SSSR count). The highest BCUT2D eigenvalue weighted by Gasteiger charge is 2.13. The Morgan fingerprint density at radius 1 is 1.33 bits per heavy atom. The predicted molar refractivity (Wildman–Crippen MR) is 68.5 cm³/mol. The molecule has 1 aliphatic heterocycles. The van der Waals surface area contributed by atoms with Gasteiger partial charge < -0.3 is 5.32 Å². The minimum Gasteiger partial charge on any atom is -0.314 e. The highest BCUT2D eigenvalue weighted by molar-refractivity contribution is 5.21. The number of nitrogens with zero attached hydrogens (tertiary/aromatic N) is 4. The van der Waals surface area contributed by atoms with E-state index in [2.05, 4.69) is 26.6 Å². The Balaban J connectivity index is 1.60. The number of imidazole rings is 1. The van der Waals surface area contributed by atoms with Gasteiger partial charge in [0.05, 0.1) is 5.69 Å². The molecule has 5 heteroatoms. The van der Waals surface area contributed by atoms with Crippen molar-refractivity contribution < 1.29 is 0 Å². The normalized spacial score (nSPS) is 19.2. The average molecular weight is 243 g/mol. The average Bonchev–Trinajstić information content (AvgIpc) is 3.10. The molecule has 94 valence electrons. The van der Waals surface area contributed by atoms with Crippen LogP contribution in [-0.2, 0) is 6.42 Å². The largest absolute Gasteiger partial charge is 0.314 e. The third-order valence-electron chi connectivity index (χ3n) is 3.39. The van der Waals surface area contributed by atoms with Crippen LogP contribution in [0.1, 0.15) is 25.0 Å². The van der Waals surface area contributed by atoms with Crippen molar-refractivity contribution in [3.63, 3.8) is 0 Å². The fraction of sp³-hybridized carbons (Fsp3) is 0.462. The molecule has 1 aliphatic rings. The zero-order valence-corrected chi connectivity index (χ0v) is 10.3. The van der Waals surface area contributed by atoms with Crippen molar-refractivity contribution in [2.45, 2.75) is 31.7 Å². The molecule has 0 aliphatic carbocycles. The van der Waals surface area contributed by atoms with Gasteiger partial charge in [0.15, 0.2) is 5.82 Å². The first kappa shape index (κ1) is 11.3. The first-order valence-electron chi connectivity index (χ1n) is 6.46. The zero-order chi connectivity index (χ0) is 12.2. The molecule has 0 saturated carbocycles. The lowest BCUT2D eigenvalue weighted by molar-refractivity contribution is 0.553. The summed E-state index contributed by atoms with van der Waals surface area (Å²) in [6, 6.07) is 4.71. The van der Waals surface area contributed by atoms with E-state index < -0.39 is 0 Å². The SMILES string of the molecule is c1cn(-c2ccc(CC[C@H]3CCCN3)nn2)cn1. The Morgan fingerprint density at radius 3 is 3.00 bits per heavy atom. The summed E-state index contributed by atoms with van der Waals surface area (Å²) in [5.41, 5.74) is 1.06. The maximum absolute atomic E-state index is 4.27. The van der Waals surface area contributed by atoms with Crippen LogP contribution in [0.15, 0.2) is 30.9 Å². The fourth-order valence-electron chi connectivity index (χ4n) is 2.34.